The van der Waals surface area contributed by atoms with E-state index in [1.807, 2.05) is 51.4 Å². The number of anilines is 3. The summed E-state index contributed by atoms with van der Waals surface area (Å²) < 4.78 is 0. The molecule has 1 aromatic carbocycles. The number of likely N-dealkylation sites (N-methyl/N-ethyl adjacent to an activating group) is 1. The van der Waals surface area contributed by atoms with Crippen molar-refractivity contribution < 1.29 is 0 Å². The molecule has 21 heavy (non-hydrogen) atoms. The number of aryl methyl sites for hydroxylation is 1. The fourth-order valence-corrected chi connectivity index (χ4v) is 2.01. The van der Waals surface area contributed by atoms with Crippen LogP contribution in [0.25, 0.3) is 0 Å². The van der Waals surface area contributed by atoms with Crippen LogP contribution in [-0.2, 0) is 0 Å². The van der Waals surface area contributed by atoms with E-state index < -0.39 is 0 Å². The van der Waals surface area contributed by atoms with Crippen LogP contribution >= 0.6 is 11.6 Å². The van der Waals surface area contributed by atoms with Gasteiger partial charge in [0.05, 0.1) is 10.7 Å². The van der Waals surface area contributed by atoms with Gasteiger partial charge in [0.2, 0.25) is 0 Å². The number of hydrogen-bond acceptors (Lipinski definition) is 5. The quantitative estimate of drug-likeness (QED) is 0.858. The molecule has 0 atom stereocenters. The number of benzene rings is 1. The molecule has 0 radical (unpaired) electrons. The molecule has 0 unspecified atom stereocenters. The molecule has 2 N–H and O–H groups in total. The summed E-state index contributed by atoms with van der Waals surface area (Å²) in [5.74, 6) is 2.24. The van der Waals surface area contributed by atoms with Gasteiger partial charge in [-0.2, -0.15) is 0 Å². The Kier molecular flexibility index (Phi) is 5.36. The van der Waals surface area contributed by atoms with Crippen LogP contribution in [0.4, 0.5) is 17.3 Å². The summed E-state index contributed by atoms with van der Waals surface area (Å²) in [5.41, 5.74) is 0.830. The number of hydrogen-bond donors (Lipinski definition) is 2. The monoisotopic (exact) mass is 305 g/mol. The van der Waals surface area contributed by atoms with E-state index in [1.165, 1.54) is 0 Å². The molecule has 0 bridgehead atoms. The fourth-order valence-electron chi connectivity index (χ4n) is 1.83. The first-order valence-electron chi connectivity index (χ1n) is 6.80. The zero-order chi connectivity index (χ0) is 15.2. The van der Waals surface area contributed by atoms with E-state index in [-0.39, 0.29) is 0 Å². The van der Waals surface area contributed by atoms with Crippen LogP contribution in [0.5, 0.6) is 0 Å². The van der Waals surface area contributed by atoms with Crippen molar-refractivity contribution in [1.82, 2.24) is 14.9 Å². The number of nitrogens with zero attached hydrogens (tertiary/aromatic N) is 3. The Morgan fingerprint density at radius 3 is 2.57 bits per heavy atom. The summed E-state index contributed by atoms with van der Waals surface area (Å²) in [5, 5.41) is 7.17. The lowest BCUT2D eigenvalue weighted by Crippen LogP contribution is -2.21. The number of para-hydroxylation sites is 1. The van der Waals surface area contributed by atoms with Gasteiger partial charge < -0.3 is 15.5 Å². The van der Waals surface area contributed by atoms with E-state index >= 15 is 0 Å². The molecule has 0 saturated carbocycles. The van der Waals surface area contributed by atoms with E-state index in [9.17, 15) is 0 Å². The van der Waals surface area contributed by atoms with Gasteiger partial charge in [-0.25, -0.2) is 9.97 Å². The van der Waals surface area contributed by atoms with Gasteiger partial charge in [0.1, 0.15) is 17.5 Å². The third kappa shape index (κ3) is 4.88. The average molecular weight is 306 g/mol. The van der Waals surface area contributed by atoms with Crippen molar-refractivity contribution in [2.75, 3.05) is 37.8 Å². The first-order chi connectivity index (χ1) is 10.0. The molecule has 0 amide bonds. The van der Waals surface area contributed by atoms with Crippen LogP contribution in [0.3, 0.4) is 0 Å². The van der Waals surface area contributed by atoms with Crippen LogP contribution in [0.1, 0.15) is 5.82 Å². The van der Waals surface area contributed by atoms with Crippen molar-refractivity contribution in [2.45, 2.75) is 6.92 Å². The van der Waals surface area contributed by atoms with Gasteiger partial charge >= 0.3 is 0 Å². The number of aromatic nitrogens is 2. The topological polar surface area (TPSA) is 53.1 Å². The van der Waals surface area contributed by atoms with Crippen molar-refractivity contribution in [3.63, 3.8) is 0 Å². The maximum absolute atomic E-state index is 6.15. The highest BCUT2D eigenvalue weighted by atomic mass is 35.5. The first-order valence-corrected chi connectivity index (χ1v) is 7.18. The molecule has 0 aliphatic heterocycles. The molecule has 112 valence electrons. The van der Waals surface area contributed by atoms with Gasteiger partial charge in [-0.1, -0.05) is 23.7 Å². The van der Waals surface area contributed by atoms with E-state index in [0.29, 0.717) is 10.8 Å². The summed E-state index contributed by atoms with van der Waals surface area (Å²) in [6.45, 7) is 3.64. The van der Waals surface area contributed by atoms with Gasteiger partial charge in [-0.15, -0.1) is 0 Å². The van der Waals surface area contributed by atoms with E-state index in [2.05, 4.69) is 25.5 Å². The Balaban J connectivity index is 2.10. The molecule has 2 aromatic rings. The second-order valence-corrected chi connectivity index (χ2v) is 5.43. The zero-order valence-corrected chi connectivity index (χ0v) is 13.3. The third-order valence-corrected chi connectivity index (χ3v) is 3.17. The van der Waals surface area contributed by atoms with Crippen molar-refractivity contribution in [1.29, 1.82) is 0 Å². The van der Waals surface area contributed by atoms with Crippen molar-refractivity contribution in [2.24, 2.45) is 0 Å². The Morgan fingerprint density at radius 2 is 1.86 bits per heavy atom. The van der Waals surface area contributed by atoms with Gasteiger partial charge in [0.15, 0.2) is 0 Å². The maximum atomic E-state index is 6.15. The van der Waals surface area contributed by atoms with Crippen LogP contribution in [0, 0.1) is 6.92 Å². The van der Waals surface area contributed by atoms with Gasteiger partial charge in [0, 0.05) is 19.2 Å². The number of nitrogens with one attached hydrogen (secondary N) is 2. The van der Waals surface area contributed by atoms with E-state index in [1.54, 1.807) is 0 Å². The lowest BCUT2D eigenvalue weighted by Gasteiger charge is -2.13. The summed E-state index contributed by atoms with van der Waals surface area (Å²) in [7, 11) is 4.08. The van der Waals surface area contributed by atoms with Crippen molar-refractivity contribution in [3.05, 3.63) is 41.2 Å². The Labute approximate surface area is 130 Å². The predicted octanol–water partition coefficient (Wildman–Crippen LogP) is 3.16. The summed E-state index contributed by atoms with van der Waals surface area (Å²) in [6, 6.07) is 9.46. The summed E-state index contributed by atoms with van der Waals surface area (Å²) in [4.78, 5) is 10.9. The van der Waals surface area contributed by atoms with Crippen LogP contribution in [0.15, 0.2) is 30.3 Å². The highest BCUT2D eigenvalue weighted by molar-refractivity contribution is 6.33. The second-order valence-electron chi connectivity index (χ2n) is 5.02. The molecule has 1 aromatic heterocycles. The smallest absolute Gasteiger partial charge is 0.136 e. The molecule has 5 nitrogen and oxygen atoms in total. The van der Waals surface area contributed by atoms with Gasteiger partial charge in [0.25, 0.3) is 0 Å². The third-order valence-electron chi connectivity index (χ3n) is 2.84. The molecule has 0 aliphatic rings. The molecule has 6 heteroatoms. The summed E-state index contributed by atoms with van der Waals surface area (Å²) in [6.07, 6.45) is 0. The highest BCUT2D eigenvalue weighted by Crippen LogP contribution is 2.24. The maximum Gasteiger partial charge on any atom is 0.136 e. The molecular weight excluding hydrogens is 286 g/mol. The van der Waals surface area contributed by atoms with Crippen LogP contribution in [-0.4, -0.2) is 42.1 Å². The predicted molar refractivity (Wildman–Crippen MR) is 88.5 cm³/mol. The minimum Gasteiger partial charge on any atom is -0.369 e. The number of rotatable bonds is 6. The molecule has 1 heterocycles. The average Bonchev–Trinajstić information content (AvgIpc) is 2.40. The molecule has 0 aliphatic carbocycles. The first kappa shape index (κ1) is 15.5. The molecule has 0 saturated heterocycles. The minimum absolute atomic E-state index is 0.663. The highest BCUT2D eigenvalue weighted by Gasteiger charge is 2.04. The lowest BCUT2D eigenvalue weighted by atomic mass is 10.3. The summed E-state index contributed by atoms with van der Waals surface area (Å²) >= 11 is 6.15. The van der Waals surface area contributed by atoms with Crippen LogP contribution in [0.2, 0.25) is 5.02 Å². The largest absolute Gasteiger partial charge is 0.369 e. The minimum atomic E-state index is 0.663. The molecule has 2 rings (SSSR count). The normalized spacial score (nSPS) is 10.7. The van der Waals surface area contributed by atoms with Gasteiger partial charge in [-0.05, 0) is 33.2 Å². The lowest BCUT2D eigenvalue weighted by molar-refractivity contribution is 0.425. The number of halogens is 1. The standard InChI is InChI=1S/C15H20ClN5/c1-11-18-14(17-8-9-21(2)3)10-15(19-11)20-13-7-5-4-6-12(13)16/h4-7,10H,8-9H2,1-3H3,(H2,17,18,19,20). The van der Waals surface area contributed by atoms with Crippen LogP contribution < -0.4 is 10.6 Å². The Bertz CT molecular complexity index is 600. The molecule has 0 fully saturated rings. The SMILES string of the molecule is Cc1nc(NCCN(C)C)cc(Nc2ccccc2Cl)n1. The Morgan fingerprint density at radius 1 is 1.14 bits per heavy atom. The van der Waals surface area contributed by atoms with Gasteiger partial charge in [-0.3, -0.25) is 0 Å². The van der Waals surface area contributed by atoms with Crippen molar-refractivity contribution >= 4 is 28.9 Å². The molecular formula is C15H20ClN5. The second kappa shape index (κ2) is 7.24. The molecule has 0 spiro atoms. The van der Waals surface area contributed by atoms with E-state index in [0.717, 1.165) is 30.4 Å². The van der Waals surface area contributed by atoms with E-state index in [4.69, 9.17) is 11.6 Å². The van der Waals surface area contributed by atoms with Crippen molar-refractivity contribution in [3.8, 4) is 0 Å². The fraction of sp³-hybridized carbons (Fsp3) is 0.333. The zero-order valence-electron chi connectivity index (χ0n) is 12.5. The Hall–Kier alpha value is -1.85.